The van der Waals surface area contributed by atoms with Crippen molar-refractivity contribution in [1.29, 1.82) is 0 Å². The Labute approximate surface area is 109 Å². The molecule has 0 aliphatic heterocycles. The molecule has 2 nitrogen and oxygen atoms in total. The van der Waals surface area contributed by atoms with Gasteiger partial charge in [-0.3, -0.25) is 0 Å². The maximum atomic E-state index is 4.66. The zero-order valence-corrected chi connectivity index (χ0v) is 11.9. The molecular weight excluding hydrogens is 228 g/mol. The van der Waals surface area contributed by atoms with Crippen LogP contribution in [0.1, 0.15) is 74.2 Å². The van der Waals surface area contributed by atoms with Gasteiger partial charge in [-0.25, -0.2) is 4.98 Å². The van der Waals surface area contributed by atoms with Crippen LogP contribution in [0.2, 0.25) is 0 Å². The van der Waals surface area contributed by atoms with E-state index < -0.39 is 0 Å². The van der Waals surface area contributed by atoms with Crippen molar-refractivity contribution in [3.63, 3.8) is 0 Å². The molecule has 1 unspecified atom stereocenters. The van der Waals surface area contributed by atoms with Crippen molar-refractivity contribution in [1.82, 2.24) is 10.3 Å². The zero-order chi connectivity index (χ0) is 12.1. The molecule has 1 saturated carbocycles. The van der Waals surface area contributed by atoms with Gasteiger partial charge in [0.15, 0.2) is 0 Å². The van der Waals surface area contributed by atoms with Crippen LogP contribution in [0.25, 0.3) is 0 Å². The van der Waals surface area contributed by atoms with Crippen LogP contribution in [-0.4, -0.2) is 11.5 Å². The summed E-state index contributed by atoms with van der Waals surface area (Å²) in [5.74, 6) is 0.741. The molecular formula is C14H24N2S. The van der Waals surface area contributed by atoms with Crippen LogP contribution < -0.4 is 5.32 Å². The van der Waals surface area contributed by atoms with Crippen LogP contribution in [0.3, 0.4) is 0 Å². The summed E-state index contributed by atoms with van der Waals surface area (Å²) in [6.07, 6.45) is 10.4. The normalized spacial score (nSPS) is 20.1. The third kappa shape index (κ3) is 3.52. The summed E-state index contributed by atoms with van der Waals surface area (Å²) in [7, 11) is 0. The largest absolute Gasteiger partial charge is 0.310 e. The minimum atomic E-state index is 0.456. The number of rotatable bonds is 4. The Bertz CT molecular complexity index is 327. The number of nitrogens with zero attached hydrogens (tertiary/aromatic N) is 1. The summed E-state index contributed by atoms with van der Waals surface area (Å²) in [6, 6.07) is 0.456. The molecule has 17 heavy (non-hydrogen) atoms. The van der Waals surface area contributed by atoms with E-state index in [9.17, 15) is 0 Å². The SMILES string of the molecule is CCNC(C)c1cnc(C2CCCCCC2)s1. The fourth-order valence-corrected chi connectivity index (χ4v) is 3.74. The minimum Gasteiger partial charge on any atom is -0.310 e. The first-order chi connectivity index (χ1) is 8.31. The lowest BCUT2D eigenvalue weighted by Gasteiger charge is -2.11. The third-order valence-electron chi connectivity index (χ3n) is 3.68. The van der Waals surface area contributed by atoms with Crippen LogP contribution in [0.5, 0.6) is 0 Å². The molecule has 0 bridgehead atoms. The van der Waals surface area contributed by atoms with Gasteiger partial charge in [-0.05, 0) is 26.3 Å². The number of aromatic nitrogens is 1. The van der Waals surface area contributed by atoms with E-state index >= 15 is 0 Å². The highest BCUT2D eigenvalue weighted by Gasteiger charge is 2.18. The van der Waals surface area contributed by atoms with Crippen LogP contribution in [-0.2, 0) is 0 Å². The van der Waals surface area contributed by atoms with Crippen molar-refractivity contribution < 1.29 is 0 Å². The van der Waals surface area contributed by atoms with Crippen LogP contribution in [0.15, 0.2) is 6.20 Å². The smallest absolute Gasteiger partial charge is 0.0959 e. The van der Waals surface area contributed by atoms with Gasteiger partial charge in [-0.15, -0.1) is 11.3 Å². The van der Waals surface area contributed by atoms with Crippen LogP contribution in [0.4, 0.5) is 0 Å². The number of hydrogen-bond acceptors (Lipinski definition) is 3. The van der Waals surface area contributed by atoms with Crippen molar-refractivity contribution in [3.05, 3.63) is 16.1 Å². The lowest BCUT2D eigenvalue weighted by atomic mass is 10.0. The van der Waals surface area contributed by atoms with Gasteiger partial charge in [0.25, 0.3) is 0 Å². The predicted molar refractivity (Wildman–Crippen MR) is 74.6 cm³/mol. The molecule has 0 aromatic carbocycles. The Morgan fingerprint density at radius 2 is 2.06 bits per heavy atom. The van der Waals surface area contributed by atoms with E-state index in [0.717, 1.165) is 12.5 Å². The van der Waals surface area contributed by atoms with Gasteiger partial charge >= 0.3 is 0 Å². The number of nitrogens with one attached hydrogen (secondary N) is 1. The van der Waals surface area contributed by atoms with Gasteiger partial charge in [0, 0.05) is 23.0 Å². The molecule has 1 aromatic rings. The zero-order valence-electron chi connectivity index (χ0n) is 11.0. The van der Waals surface area contributed by atoms with Crippen molar-refractivity contribution >= 4 is 11.3 Å². The second kappa shape index (κ2) is 6.50. The van der Waals surface area contributed by atoms with Crippen molar-refractivity contribution in [2.75, 3.05) is 6.54 Å². The Hall–Kier alpha value is -0.410. The van der Waals surface area contributed by atoms with Gasteiger partial charge in [0.1, 0.15) is 0 Å². The highest BCUT2D eigenvalue weighted by atomic mass is 32.1. The van der Waals surface area contributed by atoms with Gasteiger partial charge in [-0.1, -0.05) is 32.6 Å². The van der Waals surface area contributed by atoms with E-state index in [1.54, 1.807) is 0 Å². The number of thiazole rings is 1. The maximum absolute atomic E-state index is 4.66. The molecule has 1 N–H and O–H groups in total. The highest BCUT2D eigenvalue weighted by molar-refractivity contribution is 7.11. The summed E-state index contributed by atoms with van der Waals surface area (Å²) < 4.78 is 0. The summed E-state index contributed by atoms with van der Waals surface area (Å²) >= 11 is 1.92. The van der Waals surface area contributed by atoms with E-state index in [2.05, 4.69) is 30.3 Å². The quantitative estimate of drug-likeness (QED) is 0.810. The molecule has 0 saturated heterocycles. The molecule has 1 fully saturated rings. The Balaban J connectivity index is 2.01. The molecule has 0 radical (unpaired) electrons. The lowest BCUT2D eigenvalue weighted by molar-refractivity contribution is 0.589. The average molecular weight is 252 g/mol. The molecule has 1 heterocycles. The molecule has 1 aliphatic rings. The molecule has 1 atom stereocenters. The first kappa shape index (κ1) is 13.0. The van der Waals surface area contributed by atoms with Gasteiger partial charge in [-0.2, -0.15) is 0 Å². The van der Waals surface area contributed by atoms with Gasteiger partial charge in [0.05, 0.1) is 5.01 Å². The Morgan fingerprint density at radius 3 is 2.71 bits per heavy atom. The predicted octanol–water partition coefficient (Wildman–Crippen LogP) is 4.25. The average Bonchev–Trinajstić information content (AvgIpc) is 2.66. The second-order valence-corrected chi connectivity index (χ2v) is 6.16. The molecule has 3 heteroatoms. The fourth-order valence-electron chi connectivity index (χ4n) is 2.62. The Kier molecular flexibility index (Phi) is 4.99. The Morgan fingerprint density at radius 1 is 1.35 bits per heavy atom. The molecule has 0 amide bonds. The molecule has 96 valence electrons. The maximum Gasteiger partial charge on any atom is 0.0959 e. The molecule has 0 spiro atoms. The van der Waals surface area contributed by atoms with E-state index in [1.165, 1.54) is 48.4 Å². The number of hydrogen-bond donors (Lipinski definition) is 1. The molecule has 2 rings (SSSR count). The van der Waals surface area contributed by atoms with Crippen molar-refractivity contribution in [2.24, 2.45) is 0 Å². The first-order valence-corrected chi connectivity index (χ1v) is 7.82. The van der Waals surface area contributed by atoms with Crippen LogP contribution in [0, 0.1) is 0 Å². The second-order valence-electron chi connectivity index (χ2n) is 5.07. The monoisotopic (exact) mass is 252 g/mol. The van der Waals surface area contributed by atoms with E-state index in [1.807, 2.05) is 11.3 Å². The van der Waals surface area contributed by atoms with Crippen LogP contribution >= 0.6 is 11.3 Å². The fraction of sp³-hybridized carbons (Fsp3) is 0.786. The highest BCUT2D eigenvalue weighted by Crippen LogP contribution is 2.35. The topological polar surface area (TPSA) is 24.9 Å². The van der Waals surface area contributed by atoms with Crippen molar-refractivity contribution in [2.45, 2.75) is 64.3 Å². The van der Waals surface area contributed by atoms with E-state index in [-0.39, 0.29) is 0 Å². The van der Waals surface area contributed by atoms with E-state index in [0.29, 0.717) is 6.04 Å². The van der Waals surface area contributed by atoms with Gasteiger partial charge in [0.2, 0.25) is 0 Å². The summed E-state index contributed by atoms with van der Waals surface area (Å²) in [5.41, 5.74) is 0. The summed E-state index contributed by atoms with van der Waals surface area (Å²) in [6.45, 7) is 5.41. The third-order valence-corrected chi connectivity index (χ3v) is 5.03. The standard InChI is InChI=1S/C14H24N2S/c1-3-15-11(2)13-10-16-14(17-13)12-8-6-4-5-7-9-12/h10-12,15H,3-9H2,1-2H3. The summed E-state index contributed by atoms with van der Waals surface area (Å²) in [4.78, 5) is 6.06. The van der Waals surface area contributed by atoms with Gasteiger partial charge < -0.3 is 5.32 Å². The van der Waals surface area contributed by atoms with E-state index in [4.69, 9.17) is 0 Å². The van der Waals surface area contributed by atoms with Crippen molar-refractivity contribution in [3.8, 4) is 0 Å². The molecule has 1 aliphatic carbocycles. The summed E-state index contributed by atoms with van der Waals surface area (Å²) in [5, 5.41) is 4.84. The lowest BCUT2D eigenvalue weighted by Crippen LogP contribution is -2.16. The first-order valence-electron chi connectivity index (χ1n) is 7.00. The molecule has 1 aromatic heterocycles. The minimum absolute atomic E-state index is 0.456.